The lowest BCUT2D eigenvalue weighted by molar-refractivity contribution is -0.192. The number of hydrogen-bond acceptors (Lipinski definition) is 5. The summed E-state index contributed by atoms with van der Waals surface area (Å²) in [5.74, 6) is -6.45. The zero-order chi connectivity index (χ0) is 27.1. The van der Waals surface area contributed by atoms with Crippen LogP contribution in [0.25, 0.3) is 10.9 Å². The Balaban J connectivity index is 0.000000762. The molecule has 0 saturated carbocycles. The van der Waals surface area contributed by atoms with E-state index >= 15 is 0 Å². The Bertz CT molecular complexity index is 1080. The summed E-state index contributed by atoms with van der Waals surface area (Å²) < 4.78 is 71.8. The Hall–Kier alpha value is -3.82. The molecule has 0 saturated heterocycles. The normalized spacial score (nSPS) is 13.3. The molecule has 16 heteroatoms. The predicted molar refractivity (Wildman–Crippen MR) is 105 cm³/mol. The number of para-hydroxylation sites is 1. The van der Waals surface area contributed by atoms with Gasteiger partial charge in [-0.25, -0.2) is 9.59 Å². The fourth-order valence-electron chi connectivity index (χ4n) is 2.75. The molecule has 1 aromatic heterocycles. The number of benzene rings is 1. The van der Waals surface area contributed by atoms with Crippen LogP contribution in [-0.2, 0) is 31.8 Å². The number of rotatable bonds is 8. The highest BCUT2D eigenvalue weighted by molar-refractivity contribution is 5.89. The molecular weight excluding hydrogens is 496 g/mol. The van der Waals surface area contributed by atoms with E-state index in [0.717, 1.165) is 0 Å². The molecule has 194 valence electrons. The summed E-state index contributed by atoms with van der Waals surface area (Å²) in [5, 5.41) is 27.3. The van der Waals surface area contributed by atoms with Crippen molar-refractivity contribution in [2.24, 2.45) is 5.73 Å². The van der Waals surface area contributed by atoms with Crippen LogP contribution in [0.3, 0.4) is 0 Å². The zero-order valence-electron chi connectivity index (χ0n) is 17.4. The van der Waals surface area contributed by atoms with Crippen LogP contribution in [0, 0.1) is 0 Å². The number of hydrogen-bond donors (Lipinski definition) is 6. The number of amides is 1. The van der Waals surface area contributed by atoms with E-state index in [1.165, 1.54) is 24.3 Å². The van der Waals surface area contributed by atoms with Crippen molar-refractivity contribution in [2.45, 2.75) is 43.7 Å². The van der Waals surface area contributed by atoms with Gasteiger partial charge in [0.05, 0.1) is 6.04 Å². The number of nitrogens with one attached hydrogen (secondary N) is 2. The van der Waals surface area contributed by atoms with Gasteiger partial charge in [0.15, 0.2) is 0 Å². The van der Waals surface area contributed by atoms with Crippen molar-refractivity contribution >= 4 is 34.7 Å². The van der Waals surface area contributed by atoms with E-state index in [-0.39, 0.29) is 22.9 Å². The average molecular weight is 515 g/mol. The van der Waals surface area contributed by atoms with Crippen LogP contribution in [0.15, 0.2) is 24.3 Å². The summed E-state index contributed by atoms with van der Waals surface area (Å²) in [4.78, 5) is 45.2. The van der Waals surface area contributed by atoms with Gasteiger partial charge in [0.1, 0.15) is 11.7 Å². The maximum absolute atomic E-state index is 13.4. The van der Waals surface area contributed by atoms with Gasteiger partial charge in [0, 0.05) is 23.7 Å². The van der Waals surface area contributed by atoms with Crippen molar-refractivity contribution in [2.75, 3.05) is 0 Å². The standard InChI is InChI=1S/C17H18F3N3O5.C2HF3O2/c18-17(19,20)14-9(8-3-1-2-4-11(8)22-14)7-12(16(27)28)23-15(26)10(21)5-6-13(24)25;3-2(4,5)1(6)7/h1-4,10,12,22H,5-7,21H2,(H,23,26)(H,24,25)(H,27,28);(H,6,7). The topological polar surface area (TPSA) is 183 Å². The lowest BCUT2D eigenvalue weighted by atomic mass is 10.0. The van der Waals surface area contributed by atoms with Crippen LogP contribution in [0.2, 0.25) is 0 Å². The van der Waals surface area contributed by atoms with Gasteiger partial charge in [-0.15, -0.1) is 0 Å². The average Bonchev–Trinajstić information content (AvgIpc) is 3.10. The summed E-state index contributed by atoms with van der Waals surface area (Å²) in [5.41, 5.74) is 4.31. The van der Waals surface area contributed by atoms with Gasteiger partial charge >= 0.3 is 30.3 Å². The quantitative estimate of drug-likeness (QED) is 0.289. The number of carbonyl (C=O) groups is 4. The van der Waals surface area contributed by atoms with Crippen molar-refractivity contribution in [3.8, 4) is 0 Å². The van der Waals surface area contributed by atoms with E-state index in [2.05, 4.69) is 10.3 Å². The molecule has 0 fully saturated rings. The number of carboxylic acids is 3. The SMILES string of the molecule is NC(CCC(=O)O)C(=O)NC(Cc1c(C(F)(F)F)[nH]c2ccccc12)C(=O)O.O=C(O)C(F)(F)F. The van der Waals surface area contributed by atoms with Gasteiger partial charge in [-0.1, -0.05) is 18.2 Å². The smallest absolute Gasteiger partial charge is 0.481 e. The number of alkyl halides is 6. The molecule has 7 N–H and O–H groups in total. The van der Waals surface area contributed by atoms with E-state index in [9.17, 15) is 45.8 Å². The van der Waals surface area contributed by atoms with Crippen molar-refractivity contribution in [1.82, 2.24) is 10.3 Å². The first-order chi connectivity index (χ1) is 15.9. The molecule has 2 unspecified atom stereocenters. The second-order valence-corrected chi connectivity index (χ2v) is 6.97. The molecule has 35 heavy (non-hydrogen) atoms. The number of aliphatic carboxylic acids is 3. The van der Waals surface area contributed by atoms with E-state index in [4.69, 9.17) is 20.7 Å². The number of carboxylic acid groups (broad SMARTS) is 3. The van der Waals surface area contributed by atoms with Crippen LogP contribution >= 0.6 is 0 Å². The third-order valence-electron chi connectivity index (χ3n) is 4.37. The second-order valence-electron chi connectivity index (χ2n) is 6.97. The highest BCUT2D eigenvalue weighted by Crippen LogP contribution is 2.36. The van der Waals surface area contributed by atoms with E-state index < -0.39 is 66.8 Å². The molecular formula is C19H19F6N3O7. The van der Waals surface area contributed by atoms with Gasteiger partial charge in [0.2, 0.25) is 5.91 Å². The largest absolute Gasteiger partial charge is 0.490 e. The Morgan fingerprint density at radius 2 is 1.54 bits per heavy atom. The minimum atomic E-state index is -5.08. The highest BCUT2D eigenvalue weighted by Gasteiger charge is 2.39. The molecule has 1 aromatic carbocycles. The number of nitrogens with two attached hydrogens (primary N) is 1. The molecule has 0 radical (unpaired) electrons. The molecule has 0 bridgehead atoms. The molecule has 2 atom stereocenters. The van der Waals surface area contributed by atoms with Gasteiger partial charge in [-0.2, -0.15) is 26.3 Å². The Morgan fingerprint density at radius 3 is 2.00 bits per heavy atom. The van der Waals surface area contributed by atoms with Crippen molar-refractivity contribution in [3.63, 3.8) is 0 Å². The fourth-order valence-corrected chi connectivity index (χ4v) is 2.75. The number of halogens is 6. The number of fused-ring (bicyclic) bond motifs is 1. The van der Waals surface area contributed by atoms with Crippen molar-refractivity contribution < 1.29 is 60.8 Å². The Labute approximate surface area is 191 Å². The monoisotopic (exact) mass is 515 g/mol. The predicted octanol–water partition coefficient (Wildman–Crippen LogP) is 2.12. The lowest BCUT2D eigenvalue weighted by Crippen LogP contribution is -2.49. The van der Waals surface area contributed by atoms with E-state index in [1.54, 1.807) is 0 Å². The van der Waals surface area contributed by atoms with Crippen LogP contribution in [0.1, 0.15) is 24.1 Å². The van der Waals surface area contributed by atoms with Gasteiger partial charge < -0.3 is 31.4 Å². The number of aromatic nitrogens is 1. The number of aromatic amines is 1. The Kier molecular flexibility index (Phi) is 9.64. The van der Waals surface area contributed by atoms with Crippen molar-refractivity contribution in [3.05, 3.63) is 35.5 Å². The molecule has 0 aliphatic heterocycles. The highest BCUT2D eigenvalue weighted by atomic mass is 19.4. The summed E-state index contributed by atoms with van der Waals surface area (Å²) >= 11 is 0. The minimum absolute atomic E-state index is 0.179. The summed E-state index contributed by atoms with van der Waals surface area (Å²) in [7, 11) is 0. The van der Waals surface area contributed by atoms with Crippen LogP contribution in [0.5, 0.6) is 0 Å². The van der Waals surface area contributed by atoms with Crippen molar-refractivity contribution in [1.29, 1.82) is 0 Å². The van der Waals surface area contributed by atoms with Gasteiger partial charge in [-0.3, -0.25) is 9.59 Å². The van der Waals surface area contributed by atoms with E-state index in [1.807, 2.05) is 0 Å². The van der Waals surface area contributed by atoms with Gasteiger partial charge in [-0.05, 0) is 18.1 Å². The molecule has 10 nitrogen and oxygen atoms in total. The molecule has 1 amide bonds. The minimum Gasteiger partial charge on any atom is -0.481 e. The summed E-state index contributed by atoms with van der Waals surface area (Å²) in [6.07, 6.45) is -11.1. The molecule has 2 aromatic rings. The zero-order valence-corrected chi connectivity index (χ0v) is 17.4. The first kappa shape index (κ1) is 29.2. The summed E-state index contributed by atoms with van der Waals surface area (Å²) in [6, 6.07) is 2.89. The van der Waals surface area contributed by atoms with Crippen LogP contribution in [0.4, 0.5) is 26.3 Å². The number of carbonyl (C=O) groups excluding carboxylic acids is 1. The maximum atomic E-state index is 13.4. The van der Waals surface area contributed by atoms with Crippen LogP contribution < -0.4 is 11.1 Å². The van der Waals surface area contributed by atoms with E-state index in [0.29, 0.717) is 0 Å². The molecule has 0 spiro atoms. The first-order valence-corrected chi connectivity index (χ1v) is 9.42. The molecule has 2 rings (SSSR count). The second kappa shape index (κ2) is 11.5. The molecule has 0 aliphatic rings. The third-order valence-corrected chi connectivity index (χ3v) is 4.37. The van der Waals surface area contributed by atoms with Gasteiger partial charge in [0.25, 0.3) is 0 Å². The molecule has 0 aliphatic carbocycles. The maximum Gasteiger partial charge on any atom is 0.490 e. The first-order valence-electron chi connectivity index (χ1n) is 9.42. The fraction of sp³-hybridized carbons (Fsp3) is 0.368. The third kappa shape index (κ3) is 8.80. The summed E-state index contributed by atoms with van der Waals surface area (Å²) in [6.45, 7) is 0. The lowest BCUT2D eigenvalue weighted by Gasteiger charge is -2.18. The van der Waals surface area contributed by atoms with Crippen LogP contribution in [-0.4, -0.2) is 62.4 Å². The Morgan fingerprint density at radius 1 is 1.00 bits per heavy atom. The number of H-pyrrole nitrogens is 1. The molecule has 1 heterocycles.